The molecule has 0 aromatic heterocycles. The van der Waals surface area contributed by atoms with Crippen LogP contribution in [0.15, 0.2) is 30.3 Å². The minimum Gasteiger partial charge on any atom is -0.323 e. The summed E-state index contributed by atoms with van der Waals surface area (Å²) in [5, 5.41) is 2.75. The molecule has 0 aliphatic rings. The Morgan fingerprint density at radius 1 is 1.08 bits per heavy atom. The van der Waals surface area contributed by atoms with E-state index in [1.165, 1.54) is 0 Å². The maximum atomic E-state index is 3.72. The van der Waals surface area contributed by atoms with Crippen molar-refractivity contribution in [1.82, 2.24) is 5.32 Å². The molecule has 1 aromatic rings. The Morgan fingerprint density at radius 2 is 1.42 bits per heavy atom. The minimum absolute atomic E-state index is 0. The van der Waals surface area contributed by atoms with Crippen LogP contribution >= 0.6 is 17.0 Å². The summed E-state index contributed by atoms with van der Waals surface area (Å²) in [5.41, 5.74) is 1.07. The van der Waals surface area contributed by atoms with Gasteiger partial charge in [0, 0.05) is 0 Å². The van der Waals surface area contributed by atoms with E-state index in [4.69, 9.17) is 0 Å². The molecular formula is C9H15BrMgN+. The Hall–Kier alpha value is 0.296. The first-order valence-corrected chi connectivity index (χ1v) is 3.26. The zero-order valence-corrected chi connectivity index (χ0v) is 10.8. The average molecular weight is 241 g/mol. The number of hydrogen-bond donors (Lipinski definition) is 1. The molecule has 1 nitrogen and oxygen atoms in total. The summed E-state index contributed by atoms with van der Waals surface area (Å²) < 4.78 is 0. The van der Waals surface area contributed by atoms with Gasteiger partial charge in [-0.1, -0.05) is 6.07 Å². The summed E-state index contributed by atoms with van der Waals surface area (Å²) in [6.45, 7) is 3.72. The number of rotatable bonds is 0. The normalized spacial score (nSPS) is 6.50. The standard InChI is InChI=1S/C7H7.C2H7N.BrH.Mg/c1-7-5-3-2-4-6-7;1-3-2;;/h2-6H,1H2;3H,1-2H3;1H;/q-1;;;+2. The van der Waals surface area contributed by atoms with Crippen LogP contribution in [0.4, 0.5) is 0 Å². The molecule has 1 aromatic carbocycles. The summed E-state index contributed by atoms with van der Waals surface area (Å²) in [6.07, 6.45) is 0. The van der Waals surface area contributed by atoms with E-state index in [1.807, 2.05) is 44.4 Å². The van der Waals surface area contributed by atoms with E-state index in [0.717, 1.165) is 5.56 Å². The van der Waals surface area contributed by atoms with Crippen molar-refractivity contribution in [1.29, 1.82) is 0 Å². The minimum atomic E-state index is 0. The van der Waals surface area contributed by atoms with Crippen LogP contribution in [0.2, 0.25) is 0 Å². The number of benzene rings is 1. The quantitative estimate of drug-likeness (QED) is 0.540. The Kier molecular flexibility index (Phi) is 21.0. The Morgan fingerprint density at radius 3 is 1.58 bits per heavy atom. The molecule has 0 aliphatic carbocycles. The zero-order valence-electron chi connectivity index (χ0n) is 7.71. The number of nitrogens with one attached hydrogen (secondary N) is 1. The number of halogens is 1. The van der Waals surface area contributed by atoms with Crippen molar-refractivity contribution in [3.8, 4) is 0 Å². The largest absolute Gasteiger partial charge is 2.00 e. The average Bonchev–Trinajstić information content (AvgIpc) is 1.91. The predicted octanol–water partition coefficient (Wildman–Crippen LogP) is 1.90. The molecule has 0 fully saturated rings. The van der Waals surface area contributed by atoms with Gasteiger partial charge in [-0.3, -0.25) is 0 Å². The van der Waals surface area contributed by atoms with Gasteiger partial charge in [0.05, 0.1) is 0 Å². The Bertz CT molecular complexity index is 156. The summed E-state index contributed by atoms with van der Waals surface area (Å²) in [4.78, 5) is 0. The van der Waals surface area contributed by atoms with Gasteiger partial charge < -0.3 is 5.32 Å². The summed E-state index contributed by atoms with van der Waals surface area (Å²) >= 11 is 0. The van der Waals surface area contributed by atoms with Crippen LogP contribution in [0.3, 0.4) is 0 Å². The third kappa shape index (κ3) is 12.9. The molecule has 1 rings (SSSR count). The van der Waals surface area contributed by atoms with Crippen LogP contribution < -0.4 is 5.32 Å². The van der Waals surface area contributed by atoms with Gasteiger partial charge in [0.25, 0.3) is 0 Å². The first kappa shape index (κ1) is 18.2. The van der Waals surface area contributed by atoms with Gasteiger partial charge in [0.2, 0.25) is 0 Å². The van der Waals surface area contributed by atoms with Gasteiger partial charge in [0.15, 0.2) is 0 Å². The molecule has 0 unspecified atom stereocenters. The van der Waals surface area contributed by atoms with Gasteiger partial charge in [0.1, 0.15) is 0 Å². The first-order valence-electron chi connectivity index (χ1n) is 3.26. The molecular weight excluding hydrogens is 226 g/mol. The molecule has 64 valence electrons. The van der Waals surface area contributed by atoms with Gasteiger partial charge in [-0.05, 0) is 14.1 Å². The second-order valence-corrected chi connectivity index (χ2v) is 1.99. The molecule has 0 spiro atoms. The van der Waals surface area contributed by atoms with Crippen LogP contribution in [-0.4, -0.2) is 37.1 Å². The zero-order chi connectivity index (χ0) is 7.82. The predicted molar refractivity (Wildman–Crippen MR) is 62.0 cm³/mol. The third-order valence-electron chi connectivity index (χ3n) is 0.843. The molecule has 1 N–H and O–H groups in total. The van der Waals surface area contributed by atoms with E-state index in [9.17, 15) is 0 Å². The van der Waals surface area contributed by atoms with Crippen LogP contribution in [0.1, 0.15) is 5.56 Å². The second-order valence-electron chi connectivity index (χ2n) is 1.99. The third-order valence-corrected chi connectivity index (χ3v) is 0.843. The van der Waals surface area contributed by atoms with Gasteiger partial charge in [-0.15, -0.1) is 29.1 Å². The van der Waals surface area contributed by atoms with E-state index in [0.29, 0.717) is 0 Å². The molecule has 3 heteroatoms. The topological polar surface area (TPSA) is 12.0 Å². The second kappa shape index (κ2) is 13.9. The Balaban J connectivity index is -0.000000146. The van der Waals surface area contributed by atoms with E-state index in [-0.39, 0.29) is 40.0 Å². The summed E-state index contributed by atoms with van der Waals surface area (Å²) in [5.74, 6) is 0. The first-order chi connectivity index (χ1) is 4.81. The fourth-order valence-corrected chi connectivity index (χ4v) is 0.478. The maximum Gasteiger partial charge on any atom is 2.00 e. The molecule has 0 heterocycles. The van der Waals surface area contributed by atoms with Gasteiger partial charge in [-0.25, -0.2) is 0 Å². The molecule has 0 atom stereocenters. The smallest absolute Gasteiger partial charge is 0.323 e. The molecule has 0 radical (unpaired) electrons. The van der Waals surface area contributed by atoms with Crippen molar-refractivity contribution >= 4 is 40.0 Å². The van der Waals surface area contributed by atoms with Crippen molar-refractivity contribution < 1.29 is 0 Å². The molecule has 0 amide bonds. The van der Waals surface area contributed by atoms with Crippen LogP contribution in [-0.2, 0) is 0 Å². The monoisotopic (exact) mass is 240 g/mol. The maximum absolute atomic E-state index is 3.72. The molecule has 12 heavy (non-hydrogen) atoms. The summed E-state index contributed by atoms with van der Waals surface area (Å²) in [7, 11) is 3.75. The van der Waals surface area contributed by atoms with Crippen molar-refractivity contribution in [2.75, 3.05) is 14.1 Å². The number of hydrogen-bond acceptors (Lipinski definition) is 1. The van der Waals surface area contributed by atoms with E-state index in [1.54, 1.807) is 0 Å². The fraction of sp³-hybridized carbons (Fsp3) is 0.222. The SMILES string of the molecule is Br.CNC.[CH2-]c1ccccc1.[Mg+2]. The molecule has 0 saturated heterocycles. The van der Waals surface area contributed by atoms with Gasteiger partial charge in [-0.2, -0.15) is 24.6 Å². The van der Waals surface area contributed by atoms with Gasteiger partial charge >= 0.3 is 23.1 Å². The van der Waals surface area contributed by atoms with Crippen molar-refractivity contribution in [3.05, 3.63) is 42.8 Å². The molecule has 0 bridgehead atoms. The van der Waals surface area contributed by atoms with E-state index >= 15 is 0 Å². The van der Waals surface area contributed by atoms with Crippen LogP contribution in [0, 0.1) is 6.92 Å². The van der Waals surface area contributed by atoms with Crippen molar-refractivity contribution in [2.45, 2.75) is 0 Å². The van der Waals surface area contributed by atoms with Crippen LogP contribution in [0.25, 0.3) is 0 Å². The molecule has 0 saturated carbocycles. The Labute approximate surface area is 102 Å². The fourth-order valence-electron chi connectivity index (χ4n) is 0.478. The molecule has 0 aliphatic heterocycles. The summed E-state index contributed by atoms with van der Waals surface area (Å²) in [6, 6.07) is 9.87. The van der Waals surface area contributed by atoms with E-state index < -0.39 is 0 Å². The van der Waals surface area contributed by atoms with E-state index in [2.05, 4.69) is 12.2 Å². The van der Waals surface area contributed by atoms with Crippen LogP contribution in [0.5, 0.6) is 0 Å². The van der Waals surface area contributed by atoms with Crippen molar-refractivity contribution in [2.24, 2.45) is 0 Å². The van der Waals surface area contributed by atoms with Crippen molar-refractivity contribution in [3.63, 3.8) is 0 Å².